The zero-order chi connectivity index (χ0) is 20.6. The number of hydrogen-bond acceptors (Lipinski definition) is 4. The number of nitrogens with two attached hydrogens (primary N) is 1. The fourth-order valence-corrected chi connectivity index (χ4v) is 3.72. The summed E-state index contributed by atoms with van der Waals surface area (Å²) in [6.07, 6.45) is 1.97. The van der Waals surface area contributed by atoms with Crippen molar-refractivity contribution in [2.45, 2.75) is 24.8 Å². The first-order valence-electron chi connectivity index (χ1n) is 9.77. The van der Waals surface area contributed by atoms with Gasteiger partial charge in [-0.1, -0.05) is 30.3 Å². The highest BCUT2D eigenvalue weighted by molar-refractivity contribution is 5.98. The summed E-state index contributed by atoms with van der Waals surface area (Å²) in [4.78, 5) is 25.2. The van der Waals surface area contributed by atoms with Crippen molar-refractivity contribution >= 4 is 29.1 Å². The molecule has 0 atom stereocenters. The molecule has 0 bridgehead atoms. The highest BCUT2D eigenvalue weighted by Crippen LogP contribution is 2.34. The lowest BCUT2D eigenvalue weighted by Gasteiger charge is -2.19. The minimum absolute atomic E-state index is 0. The Balaban J connectivity index is 0.00000256. The van der Waals surface area contributed by atoms with Gasteiger partial charge in [-0.3, -0.25) is 9.59 Å². The molecule has 1 heterocycles. The summed E-state index contributed by atoms with van der Waals surface area (Å²) in [6, 6.07) is 15.5. The van der Waals surface area contributed by atoms with Crippen molar-refractivity contribution in [1.29, 1.82) is 0 Å². The molecule has 1 amide bonds. The number of amides is 1. The molecule has 4 rings (SSSR count). The second-order valence-corrected chi connectivity index (χ2v) is 7.63. The van der Waals surface area contributed by atoms with Crippen LogP contribution in [0.2, 0.25) is 0 Å². The second-order valence-electron chi connectivity index (χ2n) is 7.63. The summed E-state index contributed by atoms with van der Waals surface area (Å²) >= 11 is 0. The third kappa shape index (κ3) is 3.93. The summed E-state index contributed by atoms with van der Waals surface area (Å²) in [7, 11) is 3.39. The second kappa shape index (κ2) is 8.50. The van der Waals surface area contributed by atoms with Crippen molar-refractivity contribution in [3.63, 3.8) is 0 Å². The fraction of sp³-hybridized carbons (Fsp3) is 0.304. The Morgan fingerprint density at radius 3 is 2.50 bits per heavy atom. The Morgan fingerprint density at radius 2 is 1.87 bits per heavy atom. The molecule has 1 fully saturated rings. The van der Waals surface area contributed by atoms with Crippen LogP contribution in [-0.4, -0.2) is 29.7 Å². The molecule has 0 spiro atoms. The van der Waals surface area contributed by atoms with E-state index in [0.717, 1.165) is 35.0 Å². The van der Waals surface area contributed by atoms with Gasteiger partial charge in [0.1, 0.15) is 5.75 Å². The van der Waals surface area contributed by atoms with Crippen molar-refractivity contribution in [1.82, 2.24) is 9.88 Å². The quantitative estimate of drug-likeness (QED) is 0.633. The Bertz CT molecular complexity index is 1140. The minimum Gasteiger partial charge on any atom is -0.497 e. The molecule has 6 nitrogen and oxygen atoms in total. The lowest BCUT2D eigenvalue weighted by Crippen LogP contribution is -2.43. The van der Waals surface area contributed by atoms with Crippen LogP contribution < -0.4 is 21.3 Å². The Morgan fingerprint density at radius 1 is 1.17 bits per heavy atom. The van der Waals surface area contributed by atoms with Gasteiger partial charge in [0.2, 0.25) is 5.91 Å². The molecule has 3 N–H and O–H groups in total. The molecule has 0 unspecified atom stereocenters. The van der Waals surface area contributed by atoms with Gasteiger partial charge in [0, 0.05) is 42.0 Å². The largest absolute Gasteiger partial charge is 0.497 e. The summed E-state index contributed by atoms with van der Waals surface area (Å²) in [5.74, 6) is 0.576. The smallest absolute Gasteiger partial charge is 0.258 e. The molecule has 0 saturated heterocycles. The molecule has 2 aromatic carbocycles. The highest BCUT2D eigenvalue weighted by atomic mass is 35.5. The number of fused-ring (bicyclic) bond motifs is 1. The van der Waals surface area contributed by atoms with Gasteiger partial charge in [0.05, 0.1) is 12.6 Å². The third-order valence-corrected chi connectivity index (χ3v) is 5.68. The van der Waals surface area contributed by atoms with Gasteiger partial charge in [0.15, 0.2) is 0 Å². The third-order valence-electron chi connectivity index (χ3n) is 5.68. The number of hydrogen-bond donors (Lipinski definition) is 2. The van der Waals surface area contributed by atoms with Gasteiger partial charge in [-0.2, -0.15) is 0 Å². The van der Waals surface area contributed by atoms with Crippen molar-refractivity contribution in [2.24, 2.45) is 12.8 Å². The van der Waals surface area contributed by atoms with Gasteiger partial charge in [-0.05, 0) is 36.6 Å². The Labute approximate surface area is 181 Å². The van der Waals surface area contributed by atoms with Crippen LogP contribution in [0.1, 0.15) is 18.5 Å². The van der Waals surface area contributed by atoms with Crippen LogP contribution in [0.5, 0.6) is 5.75 Å². The van der Waals surface area contributed by atoms with Crippen molar-refractivity contribution in [3.05, 3.63) is 64.6 Å². The molecule has 1 aromatic heterocycles. The van der Waals surface area contributed by atoms with Gasteiger partial charge >= 0.3 is 0 Å². The lowest BCUT2D eigenvalue weighted by molar-refractivity contribution is -0.123. The van der Waals surface area contributed by atoms with Crippen LogP contribution in [0, 0.1) is 0 Å². The first kappa shape index (κ1) is 21.9. The number of nitrogens with zero attached hydrogens (tertiary/aromatic N) is 1. The maximum absolute atomic E-state index is 13.0. The Hall–Kier alpha value is -2.83. The highest BCUT2D eigenvalue weighted by Gasteiger charge is 2.45. The predicted molar refractivity (Wildman–Crippen MR) is 121 cm³/mol. The van der Waals surface area contributed by atoms with E-state index in [-0.39, 0.29) is 23.9 Å². The number of ether oxygens (including phenoxy) is 1. The number of carbonyl (C=O) groups is 1. The van der Waals surface area contributed by atoms with Crippen LogP contribution in [-0.2, 0) is 18.3 Å². The molecule has 30 heavy (non-hydrogen) atoms. The zero-order valence-electron chi connectivity index (χ0n) is 17.1. The van der Waals surface area contributed by atoms with Gasteiger partial charge in [-0.15, -0.1) is 12.4 Å². The van der Waals surface area contributed by atoms with E-state index in [1.807, 2.05) is 36.4 Å². The van der Waals surface area contributed by atoms with Crippen LogP contribution in [0.15, 0.2) is 53.3 Å². The summed E-state index contributed by atoms with van der Waals surface area (Å²) in [6.45, 7) is 0.417. The molecular weight excluding hydrogens is 402 g/mol. The molecule has 1 aliphatic carbocycles. The molecule has 7 heteroatoms. The number of pyridine rings is 1. The number of halogens is 1. The van der Waals surface area contributed by atoms with Crippen molar-refractivity contribution < 1.29 is 9.53 Å². The number of aromatic nitrogens is 1. The van der Waals surface area contributed by atoms with Crippen LogP contribution in [0.4, 0.5) is 0 Å². The number of benzene rings is 2. The molecule has 3 aromatic rings. The molecule has 1 saturated carbocycles. The standard InChI is InChI=1S/C23H25N3O3.ClH/c1-26-19(10-13-25-22(28)23(24)11-12-23)20(15-6-4-3-5-7-15)18-14-16(29-2)8-9-17(18)21(26)27;/h3-9,14H,10-13,24H2,1-2H3,(H,25,28);1H. The predicted octanol–water partition coefficient (Wildman–Crippen LogP) is 2.79. The van der Waals surface area contributed by atoms with E-state index in [1.165, 1.54) is 0 Å². The van der Waals surface area contributed by atoms with Gasteiger partial charge < -0.3 is 20.4 Å². The average molecular weight is 428 g/mol. The molecule has 0 aliphatic heterocycles. The maximum atomic E-state index is 13.0. The summed E-state index contributed by atoms with van der Waals surface area (Å²) < 4.78 is 7.08. The van der Waals surface area contributed by atoms with E-state index in [2.05, 4.69) is 5.32 Å². The molecule has 0 radical (unpaired) electrons. The Kier molecular flexibility index (Phi) is 6.19. The summed E-state index contributed by atoms with van der Waals surface area (Å²) in [5, 5.41) is 4.41. The van der Waals surface area contributed by atoms with E-state index in [1.54, 1.807) is 30.9 Å². The molecule has 1 aliphatic rings. The topological polar surface area (TPSA) is 86.3 Å². The van der Waals surface area contributed by atoms with Crippen molar-refractivity contribution in [3.8, 4) is 16.9 Å². The van der Waals surface area contributed by atoms with Crippen LogP contribution in [0.25, 0.3) is 21.9 Å². The van der Waals surface area contributed by atoms with E-state index >= 15 is 0 Å². The lowest BCUT2D eigenvalue weighted by atomic mass is 9.95. The molecule has 158 valence electrons. The fourth-order valence-electron chi connectivity index (χ4n) is 3.72. The number of rotatable bonds is 6. The number of nitrogens with one attached hydrogen (secondary N) is 1. The van der Waals surface area contributed by atoms with Crippen molar-refractivity contribution in [2.75, 3.05) is 13.7 Å². The molecular formula is C23H26ClN3O3. The van der Waals surface area contributed by atoms with E-state index in [0.29, 0.717) is 24.1 Å². The monoisotopic (exact) mass is 427 g/mol. The number of methoxy groups -OCH3 is 1. The van der Waals surface area contributed by atoms with Crippen LogP contribution in [0.3, 0.4) is 0 Å². The van der Waals surface area contributed by atoms with Gasteiger partial charge in [0.25, 0.3) is 5.56 Å². The first-order valence-corrected chi connectivity index (χ1v) is 9.77. The van der Waals surface area contributed by atoms with Gasteiger partial charge in [-0.25, -0.2) is 0 Å². The number of carbonyl (C=O) groups excluding carboxylic acids is 1. The first-order chi connectivity index (χ1) is 13.9. The summed E-state index contributed by atoms with van der Waals surface area (Å²) in [5.41, 5.74) is 8.05. The van der Waals surface area contributed by atoms with E-state index in [9.17, 15) is 9.59 Å². The van der Waals surface area contributed by atoms with Crippen LogP contribution >= 0.6 is 12.4 Å². The average Bonchev–Trinajstić information content (AvgIpc) is 3.50. The zero-order valence-corrected chi connectivity index (χ0v) is 17.9. The van der Waals surface area contributed by atoms with E-state index < -0.39 is 5.54 Å². The van der Waals surface area contributed by atoms with E-state index in [4.69, 9.17) is 10.5 Å². The SMILES string of the molecule is COc1ccc2c(=O)n(C)c(CCNC(=O)C3(N)CC3)c(-c3ccccc3)c2c1.Cl. The minimum atomic E-state index is -0.703. The normalized spacial score (nSPS) is 14.1. The maximum Gasteiger partial charge on any atom is 0.258 e.